The van der Waals surface area contributed by atoms with Gasteiger partial charge in [-0.05, 0) is 31.6 Å². The van der Waals surface area contributed by atoms with E-state index in [0.29, 0.717) is 12.3 Å². The SMILES string of the molecule is O=C1CCC(C2CC=CCC2)O1. The summed E-state index contributed by atoms with van der Waals surface area (Å²) >= 11 is 0. The van der Waals surface area contributed by atoms with Gasteiger partial charge >= 0.3 is 5.97 Å². The minimum absolute atomic E-state index is 0.00504. The van der Waals surface area contributed by atoms with Gasteiger partial charge in [-0.25, -0.2) is 0 Å². The lowest BCUT2D eigenvalue weighted by molar-refractivity contribution is -0.143. The van der Waals surface area contributed by atoms with Gasteiger partial charge in [-0.3, -0.25) is 4.79 Å². The Morgan fingerprint density at radius 3 is 2.83 bits per heavy atom. The first kappa shape index (κ1) is 7.84. The Labute approximate surface area is 72.6 Å². The molecule has 2 aliphatic rings. The standard InChI is InChI=1S/C10H14O2/c11-10-7-6-9(12-10)8-4-2-1-3-5-8/h1-2,8-9H,3-7H2. The fraction of sp³-hybridized carbons (Fsp3) is 0.700. The van der Waals surface area contributed by atoms with Gasteiger partial charge in [0.05, 0.1) is 0 Å². The molecule has 2 heteroatoms. The van der Waals surface area contributed by atoms with Gasteiger partial charge in [0.15, 0.2) is 0 Å². The molecule has 2 rings (SSSR count). The van der Waals surface area contributed by atoms with Gasteiger partial charge in [-0.2, -0.15) is 0 Å². The molecule has 0 saturated carbocycles. The minimum Gasteiger partial charge on any atom is -0.462 e. The highest BCUT2D eigenvalue weighted by molar-refractivity contribution is 5.71. The number of hydrogen-bond donors (Lipinski definition) is 0. The van der Waals surface area contributed by atoms with Crippen molar-refractivity contribution in [1.29, 1.82) is 0 Å². The number of esters is 1. The lowest BCUT2D eigenvalue weighted by Gasteiger charge is -2.22. The molecule has 0 amide bonds. The zero-order valence-corrected chi connectivity index (χ0v) is 7.16. The van der Waals surface area contributed by atoms with E-state index in [1.54, 1.807) is 0 Å². The number of rotatable bonds is 1. The number of cyclic esters (lactones) is 1. The highest BCUT2D eigenvalue weighted by Gasteiger charge is 2.30. The zero-order chi connectivity index (χ0) is 8.39. The fourth-order valence-electron chi connectivity index (χ4n) is 2.03. The van der Waals surface area contributed by atoms with Crippen LogP contribution in [0.1, 0.15) is 32.1 Å². The van der Waals surface area contributed by atoms with E-state index in [1.807, 2.05) is 0 Å². The second-order valence-corrected chi connectivity index (χ2v) is 3.61. The Bertz CT molecular complexity index is 206. The predicted octanol–water partition coefficient (Wildman–Crippen LogP) is 2.05. The van der Waals surface area contributed by atoms with Crippen molar-refractivity contribution in [3.63, 3.8) is 0 Å². The monoisotopic (exact) mass is 166 g/mol. The molecule has 1 aliphatic heterocycles. The van der Waals surface area contributed by atoms with E-state index in [9.17, 15) is 4.79 Å². The number of allylic oxidation sites excluding steroid dienone is 2. The van der Waals surface area contributed by atoms with Gasteiger partial charge in [0.25, 0.3) is 0 Å². The lowest BCUT2D eigenvalue weighted by atomic mass is 9.88. The van der Waals surface area contributed by atoms with Crippen molar-refractivity contribution >= 4 is 5.97 Å². The van der Waals surface area contributed by atoms with Crippen molar-refractivity contribution in [2.45, 2.75) is 38.2 Å². The summed E-state index contributed by atoms with van der Waals surface area (Å²) in [6.07, 6.45) is 9.66. The molecule has 12 heavy (non-hydrogen) atoms. The van der Waals surface area contributed by atoms with Crippen LogP contribution < -0.4 is 0 Å². The van der Waals surface area contributed by atoms with Crippen molar-refractivity contribution in [1.82, 2.24) is 0 Å². The number of ether oxygens (including phenoxy) is 1. The molecule has 1 saturated heterocycles. The molecule has 66 valence electrons. The van der Waals surface area contributed by atoms with Crippen molar-refractivity contribution in [2.75, 3.05) is 0 Å². The highest BCUT2D eigenvalue weighted by atomic mass is 16.5. The van der Waals surface area contributed by atoms with Crippen LogP contribution in [0.5, 0.6) is 0 Å². The Kier molecular flexibility index (Phi) is 2.15. The third-order valence-electron chi connectivity index (χ3n) is 2.75. The van der Waals surface area contributed by atoms with E-state index in [-0.39, 0.29) is 12.1 Å². The van der Waals surface area contributed by atoms with Crippen molar-refractivity contribution in [3.8, 4) is 0 Å². The third kappa shape index (κ3) is 1.52. The van der Waals surface area contributed by atoms with Crippen LogP contribution in [0.25, 0.3) is 0 Å². The van der Waals surface area contributed by atoms with Crippen LogP contribution in [0.15, 0.2) is 12.2 Å². The van der Waals surface area contributed by atoms with Gasteiger partial charge < -0.3 is 4.74 Å². The minimum atomic E-state index is -0.00504. The highest BCUT2D eigenvalue weighted by Crippen LogP contribution is 2.29. The Balaban J connectivity index is 1.92. The number of carbonyl (C=O) groups is 1. The molecule has 1 aliphatic carbocycles. The first-order valence-corrected chi connectivity index (χ1v) is 4.71. The van der Waals surface area contributed by atoms with Crippen LogP contribution in [-0.2, 0) is 9.53 Å². The predicted molar refractivity (Wildman–Crippen MR) is 45.6 cm³/mol. The van der Waals surface area contributed by atoms with E-state index in [0.717, 1.165) is 19.3 Å². The first-order valence-electron chi connectivity index (χ1n) is 4.71. The Morgan fingerprint density at radius 2 is 2.25 bits per heavy atom. The second kappa shape index (κ2) is 3.30. The van der Waals surface area contributed by atoms with Crippen LogP contribution in [0.3, 0.4) is 0 Å². The molecule has 2 unspecified atom stereocenters. The van der Waals surface area contributed by atoms with Crippen LogP contribution >= 0.6 is 0 Å². The van der Waals surface area contributed by atoms with E-state index >= 15 is 0 Å². The van der Waals surface area contributed by atoms with Gasteiger partial charge in [0, 0.05) is 6.42 Å². The molecule has 0 N–H and O–H groups in total. The molecule has 0 aromatic carbocycles. The zero-order valence-electron chi connectivity index (χ0n) is 7.16. The van der Waals surface area contributed by atoms with E-state index in [2.05, 4.69) is 12.2 Å². The molecule has 0 aromatic rings. The summed E-state index contributed by atoms with van der Waals surface area (Å²) in [5.74, 6) is 0.594. The topological polar surface area (TPSA) is 26.3 Å². The second-order valence-electron chi connectivity index (χ2n) is 3.61. The van der Waals surface area contributed by atoms with E-state index in [1.165, 1.54) is 6.42 Å². The van der Waals surface area contributed by atoms with Gasteiger partial charge in [-0.1, -0.05) is 12.2 Å². The lowest BCUT2D eigenvalue weighted by Crippen LogP contribution is -2.21. The van der Waals surface area contributed by atoms with Crippen molar-refractivity contribution in [3.05, 3.63) is 12.2 Å². The van der Waals surface area contributed by atoms with E-state index < -0.39 is 0 Å². The number of hydrogen-bond acceptors (Lipinski definition) is 2. The summed E-state index contributed by atoms with van der Waals surface area (Å²) in [7, 11) is 0. The smallest absolute Gasteiger partial charge is 0.306 e. The summed E-state index contributed by atoms with van der Waals surface area (Å²) in [6.45, 7) is 0. The summed E-state index contributed by atoms with van der Waals surface area (Å²) in [5.41, 5.74) is 0. The van der Waals surface area contributed by atoms with Crippen LogP contribution in [0.2, 0.25) is 0 Å². The average Bonchev–Trinajstić information content (AvgIpc) is 2.54. The van der Waals surface area contributed by atoms with Gasteiger partial charge in [0.2, 0.25) is 0 Å². The molecular formula is C10H14O2. The molecule has 2 atom stereocenters. The summed E-state index contributed by atoms with van der Waals surface area (Å²) in [6, 6.07) is 0. The van der Waals surface area contributed by atoms with Gasteiger partial charge in [-0.15, -0.1) is 0 Å². The maximum atomic E-state index is 10.9. The Hall–Kier alpha value is -0.790. The van der Waals surface area contributed by atoms with Crippen LogP contribution in [0, 0.1) is 5.92 Å². The normalized spacial score (nSPS) is 35.2. The van der Waals surface area contributed by atoms with Crippen molar-refractivity contribution in [2.24, 2.45) is 5.92 Å². The largest absolute Gasteiger partial charge is 0.462 e. The molecule has 0 aromatic heterocycles. The van der Waals surface area contributed by atoms with Crippen LogP contribution in [-0.4, -0.2) is 12.1 Å². The molecule has 0 spiro atoms. The summed E-state index contributed by atoms with van der Waals surface area (Å²) < 4.78 is 5.23. The third-order valence-corrected chi connectivity index (χ3v) is 2.75. The van der Waals surface area contributed by atoms with E-state index in [4.69, 9.17) is 4.74 Å². The summed E-state index contributed by atoms with van der Waals surface area (Å²) in [5, 5.41) is 0. The number of carbonyl (C=O) groups excluding carboxylic acids is 1. The quantitative estimate of drug-likeness (QED) is 0.440. The first-order chi connectivity index (χ1) is 5.86. The molecule has 1 heterocycles. The van der Waals surface area contributed by atoms with Crippen LogP contribution in [0.4, 0.5) is 0 Å². The fourth-order valence-corrected chi connectivity index (χ4v) is 2.03. The average molecular weight is 166 g/mol. The molecule has 2 nitrogen and oxygen atoms in total. The molecule has 1 fully saturated rings. The van der Waals surface area contributed by atoms with Gasteiger partial charge in [0.1, 0.15) is 6.10 Å². The van der Waals surface area contributed by atoms with Crippen molar-refractivity contribution < 1.29 is 9.53 Å². The molecular weight excluding hydrogens is 152 g/mol. The maximum Gasteiger partial charge on any atom is 0.306 e. The summed E-state index contributed by atoms with van der Waals surface area (Å²) in [4.78, 5) is 10.9. The molecule has 0 radical (unpaired) electrons. The Morgan fingerprint density at radius 1 is 1.33 bits per heavy atom. The maximum absolute atomic E-state index is 10.9. The molecule has 0 bridgehead atoms.